The zero-order valence-corrected chi connectivity index (χ0v) is 15.8. The Balaban J connectivity index is 1.93. The number of aryl methyl sites for hydroxylation is 3. The summed E-state index contributed by atoms with van der Waals surface area (Å²) < 4.78 is 9.99. The van der Waals surface area contributed by atoms with Gasteiger partial charge in [0.1, 0.15) is 17.1 Å². The summed E-state index contributed by atoms with van der Waals surface area (Å²) in [5.41, 5.74) is 6.01. The molecule has 2 aromatic rings. The first-order valence-corrected chi connectivity index (χ1v) is 8.73. The molecule has 138 valence electrons. The number of ether oxygens (including phenoxy) is 1. The molecule has 0 aromatic carbocycles. The van der Waals surface area contributed by atoms with Crippen LogP contribution in [-0.2, 0) is 16.0 Å². The molecule has 0 saturated heterocycles. The third-order valence-corrected chi connectivity index (χ3v) is 4.99. The Morgan fingerprint density at radius 1 is 1.23 bits per heavy atom. The molecule has 26 heavy (non-hydrogen) atoms. The lowest BCUT2D eigenvalue weighted by atomic mass is 10.2. The number of hydrazine groups is 1. The quantitative estimate of drug-likeness (QED) is 0.475. The van der Waals surface area contributed by atoms with Crippen molar-refractivity contribution in [3.05, 3.63) is 50.6 Å². The maximum Gasteiger partial charge on any atom is 0.341 e. The zero-order valence-electron chi connectivity index (χ0n) is 15.0. The topological polar surface area (TPSA) is 97.6 Å². The fraction of sp³-hybridized carbons (Fsp3) is 0.278. The molecule has 0 bridgehead atoms. The minimum Gasteiger partial charge on any atom is -0.465 e. The van der Waals surface area contributed by atoms with Gasteiger partial charge in [0, 0.05) is 11.0 Å². The highest BCUT2D eigenvalue weighted by molar-refractivity contribution is 7.14. The van der Waals surface area contributed by atoms with Gasteiger partial charge < -0.3 is 9.15 Å². The van der Waals surface area contributed by atoms with E-state index in [0.29, 0.717) is 22.0 Å². The SMILES string of the molecule is CCc1sc(C(=O)NNC(=O)/C=C/c2cc(C(=O)OC)c(C)o2)cc1C. The van der Waals surface area contributed by atoms with Gasteiger partial charge in [-0.1, -0.05) is 6.92 Å². The molecule has 7 nitrogen and oxygen atoms in total. The number of carbonyl (C=O) groups excluding carboxylic acids is 3. The van der Waals surface area contributed by atoms with E-state index >= 15 is 0 Å². The van der Waals surface area contributed by atoms with E-state index in [1.807, 2.05) is 13.8 Å². The Kier molecular flexibility index (Phi) is 6.35. The predicted octanol–water partition coefficient (Wildman–Crippen LogP) is 2.78. The van der Waals surface area contributed by atoms with Gasteiger partial charge in [0.05, 0.1) is 12.0 Å². The number of esters is 1. The number of hydrogen-bond donors (Lipinski definition) is 2. The predicted molar refractivity (Wildman–Crippen MR) is 97.9 cm³/mol. The summed E-state index contributed by atoms with van der Waals surface area (Å²) in [6.45, 7) is 5.59. The van der Waals surface area contributed by atoms with E-state index in [1.54, 1.807) is 13.0 Å². The van der Waals surface area contributed by atoms with Crippen molar-refractivity contribution in [2.45, 2.75) is 27.2 Å². The van der Waals surface area contributed by atoms with Crippen molar-refractivity contribution in [3.8, 4) is 0 Å². The van der Waals surface area contributed by atoms with Crippen molar-refractivity contribution in [3.63, 3.8) is 0 Å². The molecule has 0 unspecified atom stereocenters. The molecule has 0 aliphatic heterocycles. The number of thiophene rings is 1. The lowest BCUT2D eigenvalue weighted by Gasteiger charge is -2.02. The highest BCUT2D eigenvalue weighted by Crippen LogP contribution is 2.22. The van der Waals surface area contributed by atoms with Gasteiger partial charge in [0.15, 0.2) is 0 Å². The molecule has 0 fully saturated rings. The van der Waals surface area contributed by atoms with E-state index in [1.165, 1.54) is 36.7 Å². The fourth-order valence-electron chi connectivity index (χ4n) is 2.26. The normalized spacial score (nSPS) is 10.8. The highest BCUT2D eigenvalue weighted by atomic mass is 32.1. The third kappa shape index (κ3) is 4.60. The van der Waals surface area contributed by atoms with Crippen LogP contribution in [0.1, 0.15) is 48.9 Å². The summed E-state index contributed by atoms with van der Waals surface area (Å²) >= 11 is 1.40. The van der Waals surface area contributed by atoms with Crippen molar-refractivity contribution in [2.75, 3.05) is 7.11 Å². The number of furan rings is 1. The average molecular weight is 376 g/mol. The molecule has 2 N–H and O–H groups in total. The summed E-state index contributed by atoms with van der Waals surface area (Å²) in [6.07, 6.45) is 3.44. The van der Waals surface area contributed by atoms with Crippen molar-refractivity contribution < 1.29 is 23.5 Å². The Bertz CT molecular complexity index is 863. The van der Waals surface area contributed by atoms with Gasteiger partial charge in [-0.2, -0.15) is 0 Å². The summed E-state index contributed by atoms with van der Waals surface area (Å²) in [7, 11) is 1.28. The minimum atomic E-state index is -0.531. The van der Waals surface area contributed by atoms with E-state index in [0.717, 1.165) is 16.9 Å². The van der Waals surface area contributed by atoms with Crippen molar-refractivity contribution in [2.24, 2.45) is 0 Å². The summed E-state index contributed by atoms with van der Waals surface area (Å²) in [5, 5.41) is 0. The number of nitrogens with one attached hydrogen (secondary N) is 2. The molecule has 2 aromatic heterocycles. The smallest absolute Gasteiger partial charge is 0.341 e. The van der Waals surface area contributed by atoms with Crippen LogP contribution in [0.3, 0.4) is 0 Å². The van der Waals surface area contributed by atoms with E-state index in [-0.39, 0.29) is 5.91 Å². The molecular weight excluding hydrogens is 356 g/mol. The second-order valence-electron chi connectivity index (χ2n) is 5.46. The number of rotatable bonds is 5. The van der Waals surface area contributed by atoms with Crippen LogP contribution in [0.15, 0.2) is 22.6 Å². The molecule has 0 spiro atoms. The summed E-state index contributed by atoms with van der Waals surface area (Å²) in [4.78, 5) is 37.1. The number of carbonyl (C=O) groups is 3. The Morgan fingerprint density at radius 2 is 1.96 bits per heavy atom. The monoisotopic (exact) mass is 376 g/mol. The van der Waals surface area contributed by atoms with Crippen LogP contribution in [0.25, 0.3) is 6.08 Å². The molecular formula is C18H20N2O5S. The fourth-order valence-corrected chi connectivity index (χ4v) is 3.27. The van der Waals surface area contributed by atoms with Crippen LogP contribution in [0.2, 0.25) is 0 Å². The summed E-state index contributed by atoms with van der Waals surface area (Å²) in [5.74, 6) is -0.700. The number of methoxy groups -OCH3 is 1. The first-order chi connectivity index (χ1) is 12.3. The zero-order chi connectivity index (χ0) is 19.3. The maximum atomic E-state index is 12.1. The van der Waals surface area contributed by atoms with Crippen LogP contribution in [0, 0.1) is 13.8 Å². The van der Waals surface area contributed by atoms with Gasteiger partial charge in [0.25, 0.3) is 11.8 Å². The van der Waals surface area contributed by atoms with Crippen LogP contribution in [-0.4, -0.2) is 24.9 Å². The van der Waals surface area contributed by atoms with Crippen LogP contribution < -0.4 is 10.9 Å². The van der Waals surface area contributed by atoms with Crippen molar-refractivity contribution >= 4 is 35.2 Å². The van der Waals surface area contributed by atoms with Gasteiger partial charge >= 0.3 is 5.97 Å². The van der Waals surface area contributed by atoms with Gasteiger partial charge in [0.2, 0.25) is 0 Å². The van der Waals surface area contributed by atoms with Gasteiger partial charge in [-0.15, -0.1) is 11.3 Å². The number of hydrogen-bond acceptors (Lipinski definition) is 6. The van der Waals surface area contributed by atoms with Crippen molar-refractivity contribution in [1.29, 1.82) is 0 Å². The molecule has 0 aliphatic carbocycles. The Morgan fingerprint density at radius 3 is 2.58 bits per heavy atom. The van der Waals surface area contributed by atoms with Crippen LogP contribution >= 0.6 is 11.3 Å². The van der Waals surface area contributed by atoms with Crippen LogP contribution in [0.4, 0.5) is 0 Å². The largest absolute Gasteiger partial charge is 0.465 e. The molecule has 2 heterocycles. The first kappa shape index (κ1) is 19.5. The lowest BCUT2D eigenvalue weighted by molar-refractivity contribution is -0.117. The van der Waals surface area contributed by atoms with Crippen LogP contribution in [0.5, 0.6) is 0 Å². The van der Waals surface area contributed by atoms with E-state index in [2.05, 4.69) is 15.6 Å². The minimum absolute atomic E-state index is 0.292. The maximum absolute atomic E-state index is 12.1. The second-order valence-corrected chi connectivity index (χ2v) is 6.59. The lowest BCUT2D eigenvalue weighted by Crippen LogP contribution is -2.40. The standard InChI is InChI=1S/C18H20N2O5S/c1-5-14-10(2)8-15(26-14)17(22)20-19-16(21)7-6-12-9-13(11(3)25-12)18(23)24-4/h6-9H,5H2,1-4H3,(H,19,21)(H,20,22)/b7-6+. The van der Waals surface area contributed by atoms with E-state index < -0.39 is 11.9 Å². The van der Waals surface area contributed by atoms with E-state index in [4.69, 9.17) is 4.42 Å². The van der Waals surface area contributed by atoms with Gasteiger partial charge in [-0.05, 0) is 44.0 Å². The van der Waals surface area contributed by atoms with Gasteiger partial charge in [-0.25, -0.2) is 4.79 Å². The van der Waals surface area contributed by atoms with Gasteiger partial charge in [-0.3, -0.25) is 20.4 Å². The second kappa shape index (κ2) is 8.48. The highest BCUT2D eigenvalue weighted by Gasteiger charge is 2.14. The Labute approximate surface area is 155 Å². The summed E-state index contributed by atoms with van der Waals surface area (Å²) in [6, 6.07) is 3.27. The molecule has 0 radical (unpaired) electrons. The average Bonchev–Trinajstić information content (AvgIpc) is 3.19. The Hall–Kier alpha value is -2.87. The molecule has 2 rings (SSSR count). The third-order valence-electron chi connectivity index (χ3n) is 3.61. The first-order valence-electron chi connectivity index (χ1n) is 7.92. The molecule has 8 heteroatoms. The van der Waals surface area contributed by atoms with E-state index in [9.17, 15) is 14.4 Å². The molecule has 2 amide bonds. The molecule has 0 atom stereocenters. The molecule has 0 aliphatic rings. The molecule has 0 saturated carbocycles. The van der Waals surface area contributed by atoms with Crippen molar-refractivity contribution in [1.82, 2.24) is 10.9 Å². The number of amides is 2.